The lowest BCUT2D eigenvalue weighted by Gasteiger charge is -2.46. The van der Waals surface area contributed by atoms with Crippen molar-refractivity contribution >= 4 is 17.8 Å². The van der Waals surface area contributed by atoms with Gasteiger partial charge in [0.25, 0.3) is 11.7 Å². The smallest absolute Gasteiger partial charge is 0.364 e. The number of nitrogens with one attached hydrogen (secondary N) is 2. The van der Waals surface area contributed by atoms with Gasteiger partial charge >= 0.3 is 5.97 Å². The van der Waals surface area contributed by atoms with E-state index in [1.807, 2.05) is 0 Å². The maximum absolute atomic E-state index is 12.0. The molecule has 2 amide bonds. The molecule has 35 heavy (non-hydrogen) atoms. The first kappa shape index (κ1) is 30.9. The van der Waals surface area contributed by atoms with Gasteiger partial charge in [0.2, 0.25) is 5.91 Å². The second-order valence-electron chi connectivity index (χ2n) is 7.92. The number of amides is 2. The van der Waals surface area contributed by atoms with E-state index < -0.39 is 67.1 Å². The van der Waals surface area contributed by atoms with E-state index in [1.165, 1.54) is 0 Å². The van der Waals surface area contributed by atoms with Crippen molar-refractivity contribution in [3.8, 4) is 0 Å². The van der Waals surface area contributed by atoms with Crippen molar-refractivity contribution in [2.24, 2.45) is 0 Å². The summed E-state index contributed by atoms with van der Waals surface area (Å²) in [6, 6.07) is -1.25. The summed E-state index contributed by atoms with van der Waals surface area (Å²) in [5.74, 6) is -4.93. The molecule has 1 fully saturated rings. The number of rotatable bonds is 17. The summed E-state index contributed by atoms with van der Waals surface area (Å²) in [6.45, 7) is 4.46. The summed E-state index contributed by atoms with van der Waals surface area (Å²) in [6.07, 6.45) is -4.67. The number of carbonyl (C=O) groups is 3. The van der Waals surface area contributed by atoms with Gasteiger partial charge in [-0.1, -0.05) is 6.58 Å². The zero-order chi connectivity index (χ0) is 26.4. The number of unbranched alkanes of at least 4 members (excludes halogenated alkanes) is 1. The number of aliphatic hydroxyl groups excluding tert-OH is 4. The minimum Gasteiger partial charge on any atom is -0.477 e. The van der Waals surface area contributed by atoms with Crippen LogP contribution in [0.1, 0.15) is 32.6 Å². The molecular weight excluding hydrogens is 472 g/mol. The first-order chi connectivity index (χ1) is 16.6. The second-order valence-corrected chi connectivity index (χ2v) is 7.92. The number of ether oxygens (including phenoxy) is 3. The van der Waals surface area contributed by atoms with Crippen molar-refractivity contribution in [1.82, 2.24) is 10.8 Å². The number of carboxylic acids is 1. The first-order valence-corrected chi connectivity index (χ1v) is 11.2. The Bertz CT molecular complexity index is 693. The molecule has 1 rings (SSSR count). The molecule has 1 heterocycles. The third-order valence-corrected chi connectivity index (χ3v) is 5.10. The Kier molecular flexibility index (Phi) is 13.9. The summed E-state index contributed by atoms with van der Waals surface area (Å²) < 4.78 is 16.4. The number of hydroxylamine groups is 1. The largest absolute Gasteiger partial charge is 0.477 e. The molecule has 1 saturated heterocycles. The highest BCUT2D eigenvalue weighted by Gasteiger charge is 2.55. The molecule has 4 unspecified atom stereocenters. The molecule has 0 aromatic rings. The van der Waals surface area contributed by atoms with Gasteiger partial charge in [-0.2, -0.15) is 0 Å². The molecule has 202 valence electrons. The van der Waals surface area contributed by atoms with Gasteiger partial charge in [-0.15, -0.1) is 0 Å². The van der Waals surface area contributed by atoms with Crippen molar-refractivity contribution in [2.75, 3.05) is 33.0 Å². The molecule has 1 aliphatic rings. The predicted molar refractivity (Wildman–Crippen MR) is 117 cm³/mol. The maximum Gasteiger partial charge on any atom is 0.364 e. The fourth-order valence-corrected chi connectivity index (χ4v) is 3.32. The highest BCUT2D eigenvalue weighted by molar-refractivity contribution is 5.85. The van der Waals surface area contributed by atoms with Gasteiger partial charge in [-0.25, -0.2) is 10.3 Å². The standard InChI is InChI=1S/C21H36N2O12/c1-3-16(28)23-34-10-6-8-32-7-4-5-9-33-21(20(30)31)11-14(26)17(22-13(2)25)19(35-21)18(29)15(27)12-24/h3,14-15,17-19,24,26-27,29H,1,4-12H2,2H3,(H,22,25)(H,23,28)(H,30,31)/t14?,15-,17?,18+,19?,21?/m1/s1. The summed E-state index contributed by atoms with van der Waals surface area (Å²) in [5.41, 5.74) is 2.16. The molecule has 0 spiro atoms. The van der Waals surface area contributed by atoms with Crippen LogP contribution in [0.2, 0.25) is 0 Å². The molecule has 0 aromatic carbocycles. The Morgan fingerprint density at radius 2 is 1.83 bits per heavy atom. The normalized spacial score (nSPS) is 25.9. The number of hydrogen-bond donors (Lipinski definition) is 7. The SMILES string of the molecule is C=CC(=O)NOCCCOCCCCOC1(C(=O)O)CC(O)C(NC(C)=O)C([C@@H](O)[C@H](O)CO)O1. The number of aliphatic hydroxyl groups is 4. The number of carbonyl (C=O) groups excluding carboxylic acids is 2. The van der Waals surface area contributed by atoms with E-state index in [1.54, 1.807) is 0 Å². The highest BCUT2D eigenvalue weighted by atomic mass is 16.7. The molecule has 0 bridgehead atoms. The Morgan fingerprint density at radius 1 is 1.17 bits per heavy atom. The molecule has 1 aliphatic heterocycles. The fraction of sp³-hybridized carbons (Fsp3) is 0.762. The molecule has 7 N–H and O–H groups in total. The maximum atomic E-state index is 12.0. The monoisotopic (exact) mass is 508 g/mol. The van der Waals surface area contributed by atoms with Crippen LogP contribution in [0.4, 0.5) is 0 Å². The van der Waals surface area contributed by atoms with Crippen LogP contribution in [0.25, 0.3) is 0 Å². The fourth-order valence-electron chi connectivity index (χ4n) is 3.32. The summed E-state index contributed by atoms with van der Waals surface area (Å²) in [4.78, 5) is 39.3. The molecule has 14 heteroatoms. The molecule has 0 radical (unpaired) electrons. The lowest BCUT2D eigenvalue weighted by atomic mass is 9.88. The second kappa shape index (κ2) is 15.7. The summed E-state index contributed by atoms with van der Waals surface area (Å²) in [7, 11) is 0. The van der Waals surface area contributed by atoms with Gasteiger partial charge < -0.3 is 45.1 Å². The lowest BCUT2D eigenvalue weighted by Crippen LogP contribution is -2.67. The van der Waals surface area contributed by atoms with Crippen LogP contribution in [-0.2, 0) is 33.4 Å². The lowest BCUT2D eigenvalue weighted by molar-refractivity contribution is -0.311. The zero-order valence-corrected chi connectivity index (χ0v) is 19.6. The van der Waals surface area contributed by atoms with E-state index >= 15 is 0 Å². The minimum atomic E-state index is -2.34. The van der Waals surface area contributed by atoms with Gasteiger partial charge in [0.15, 0.2) is 0 Å². The van der Waals surface area contributed by atoms with Gasteiger partial charge in [-0.3, -0.25) is 14.4 Å². The molecule has 0 saturated carbocycles. The van der Waals surface area contributed by atoms with Crippen LogP contribution in [-0.4, -0.2) is 113 Å². The Balaban J connectivity index is 2.55. The predicted octanol–water partition coefficient (Wildman–Crippen LogP) is -2.43. The van der Waals surface area contributed by atoms with Crippen LogP contribution in [0.3, 0.4) is 0 Å². The van der Waals surface area contributed by atoms with Crippen molar-refractivity contribution < 1.29 is 59.0 Å². The summed E-state index contributed by atoms with van der Waals surface area (Å²) >= 11 is 0. The highest BCUT2D eigenvalue weighted by Crippen LogP contribution is 2.33. The third-order valence-electron chi connectivity index (χ3n) is 5.10. The van der Waals surface area contributed by atoms with Crippen molar-refractivity contribution in [2.45, 2.75) is 68.9 Å². The van der Waals surface area contributed by atoms with E-state index in [-0.39, 0.29) is 13.2 Å². The van der Waals surface area contributed by atoms with E-state index in [9.17, 15) is 34.8 Å². The van der Waals surface area contributed by atoms with Crippen LogP contribution in [0.5, 0.6) is 0 Å². The molecule has 14 nitrogen and oxygen atoms in total. The minimum absolute atomic E-state index is 0.0880. The van der Waals surface area contributed by atoms with E-state index in [4.69, 9.17) is 24.2 Å². The van der Waals surface area contributed by atoms with E-state index in [0.29, 0.717) is 32.5 Å². The Morgan fingerprint density at radius 3 is 2.43 bits per heavy atom. The van der Waals surface area contributed by atoms with Gasteiger partial charge in [0.1, 0.15) is 18.3 Å². The average Bonchev–Trinajstić information content (AvgIpc) is 2.82. The van der Waals surface area contributed by atoms with E-state index in [2.05, 4.69) is 17.4 Å². The van der Waals surface area contributed by atoms with Gasteiger partial charge in [0, 0.05) is 26.6 Å². The molecule has 6 atom stereocenters. The Labute approximate surface area is 202 Å². The first-order valence-electron chi connectivity index (χ1n) is 11.2. The topological polar surface area (TPSA) is 213 Å². The van der Waals surface area contributed by atoms with Gasteiger partial charge in [0.05, 0.1) is 32.0 Å². The van der Waals surface area contributed by atoms with E-state index in [0.717, 1.165) is 13.0 Å². The third kappa shape index (κ3) is 10.1. The van der Waals surface area contributed by atoms with Crippen molar-refractivity contribution in [3.63, 3.8) is 0 Å². The number of aliphatic carboxylic acids is 1. The van der Waals surface area contributed by atoms with Crippen LogP contribution in [0, 0.1) is 0 Å². The van der Waals surface area contributed by atoms with Crippen LogP contribution < -0.4 is 10.8 Å². The molecule has 0 aromatic heterocycles. The quantitative estimate of drug-likeness (QED) is 0.0621. The average molecular weight is 509 g/mol. The number of hydrogen-bond acceptors (Lipinski definition) is 11. The van der Waals surface area contributed by atoms with Crippen LogP contribution in [0.15, 0.2) is 12.7 Å². The van der Waals surface area contributed by atoms with Gasteiger partial charge in [-0.05, 0) is 25.3 Å². The Hall–Kier alpha value is -2.17. The molecular formula is C21H36N2O12. The van der Waals surface area contributed by atoms with Crippen molar-refractivity contribution in [1.29, 1.82) is 0 Å². The van der Waals surface area contributed by atoms with Crippen LogP contribution >= 0.6 is 0 Å². The zero-order valence-electron chi connectivity index (χ0n) is 19.6. The summed E-state index contributed by atoms with van der Waals surface area (Å²) in [5, 5.41) is 52.0. The molecule has 0 aliphatic carbocycles. The number of carboxylic acid groups (broad SMARTS) is 1. The van der Waals surface area contributed by atoms with Crippen molar-refractivity contribution in [3.05, 3.63) is 12.7 Å².